The molecule has 1 fully saturated rings. The zero-order valence-electron chi connectivity index (χ0n) is 19.4. The van der Waals surface area contributed by atoms with E-state index in [0.717, 1.165) is 22.4 Å². The lowest BCUT2D eigenvalue weighted by molar-refractivity contribution is -0.0894. The quantitative estimate of drug-likeness (QED) is 0.303. The molecule has 0 radical (unpaired) electrons. The van der Waals surface area contributed by atoms with Gasteiger partial charge in [-0.2, -0.15) is 0 Å². The first-order valence-electron chi connectivity index (χ1n) is 11.7. The predicted octanol–water partition coefficient (Wildman–Crippen LogP) is 6.23. The van der Waals surface area contributed by atoms with Crippen molar-refractivity contribution in [3.05, 3.63) is 132 Å². The lowest BCUT2D eigenvalue weighted by Gasteiger charge is -2.23. The largest absolute Gasteiger partial charge is 0.487 e. The summed E-state index contributed by atoms with van der Waals surface area (Å²) < 4.78 is 25.2. The summed E-state index contributed by atoms with van der Waals surface area (Å²) >= 11 is 0. The van der Waals surface area contributed by atoms with E-state index in [1.54, 1.807) is 0 Å². The Bertz CT molecular complexity index is 1020. The maximum atomic E-state index is 6.42. The van der Waals surface area contributed by atoms with Gasteiger partial charge in [-0.3, -0.25) is 0 Å². The fourth-order valence-corrected chi connectivity index (χ4v) is 3.92. The molecule has 4 rings (SSSR count). The Balaban J connectivity index is 1.48. The maximum Gasteiger partial charge on any atom is 0.151 e. The molecule has 1 heterocycles. The second kappa shape index (κ2) is 12.9. The summed E-state index contributed by atoms with van der Waals surface area (Å²) in [6, 6.07) is 30.5. The Morgan fingerprint density at radius 1 is 0.706 bits per heavy atom. The van der Waals surface area contributed by atoms with Crippen LogP contribution in [0.5, 0.6) is 0 Å². The van der Waals surface area contributed by atoms with Crippen LogP contribution >= 0.6 is 0 Å². The molecule has 3 atom stereocenters. The number of allylic oxidation sites excluding steroid dienone is 2. The SMILES string of the molecule is C=CC/C=C1/O[C@H](COCc2ccccc2)C(OCc2ccccc2)C1OCc1ccccc1. The summed E-state index contributed by atoms with van der Waals surface area (Å²) in [4.78, 5) is 0. The third-order valence-electron chi connectivity index (χ3n) is 5.67. The van der Waals surface area contributed by atoms with Crippen molar-refractivity contribution in [1.29, 1.82) is 0 Å². The molecule has 0 aromatic heterocycles. The van der Waals surface area contributed by atoms with E-state index in [1.165, 1.54) is 0 Å². The Morgan fingerprint density at radius 3 is 1.79 bits per heavy atom. The van der Waals surface area contributed by atoms with Crippen molar-refractivity contribution >= 4 is 0 Å². The summed E-state index contributed by atoms with van der Waals surface area (Å²) in [7, 11) is 0. The van der Waals surface area contributed by atoms with Gasteiger partial charge in [-0.25, -0.2) is 0 Å². The van der Waals surface area contributed by atoms with E-state index in [1.807, 2.05) is 66.7 Å². The van der Waals surface area contributed by atoms with Crippen LogP contribution in [0.15, 0.2) is 115 Å². The molecule has 176 valence electrons. The summed E-state index contributed by atoms with van der Waals surface area (Å²) in [5.74, 6) is 0.780. The molecule has 34 heavy (non-hydrogen) atoms. The maximum absolute atomic E-state index is 6.42. The summed E-state index contributed by atoms with van der Waals surface area (Å²) in [5.41, 5.74) is 3.34. The molecular weight excluding hydrogens is 424 g/mol. The highest BCUT2D eigenvalue weighted by atomic mass is 16.6. The molecular formula is C30H32O4. The first-order valence-corrected chi connectivity index (χ1v) is 11.7. The molecule has 4 nitrogen and oxygen atoms in total. The monoisotopic (exact) mass is 456 g/mol. The molecule has 0 aliphatic carbocycles. The first kappa shape index (κ1) is 24.0. The molecule has 1 saturated heterocycles. The molecule has 0 bridgehead atoms. The smallest absolute Gasteiger partial charge is 0.151 e. The molecule has 3 aromatic carbocycles. The van der Waals surface area contributed by atoms with Crippen LogP contribution in [0.25, 0.3) is 0 Å². The van der Waals surface area contributed by atoms with Crippen LogP contribution in [0.3, 0.4) is 0 Å². The van der Waals surface area contributed by atoms with Gasteiger partial charge in [-0.15, -0.1) is 6.58 Å². The normalized spacial score (nSPS) is 20.8. The number of hydrogen-bond acceptors (Lipinski definition) is 4. The fraction of sp³-hybridized carbons (Fsp3) is 0.267. The van der Waals surface area contributed by atoms with Crippen LogP contribution in [0, 0.1) is 0 Å². The van der Waals surface area contributed by atoms with Gasteiger partial charge in [-0.05, 0) is 29.2 Å². The summed E-state index contributed by atoms with van der Waals surface area (Å²) in [6.45, 7) is 5.72. The number of hydrogen-bond donors (Lipinski definition) is 0. The van der Waals surface area contributed by atoms with Gasteiger partial charge in [0.05, 0.1) is 26.4 Å². The van der Waals surface area contributed by atoms with E-state index in [0.29, 0.717) is 32.8 Å². The lowest BCUT2D eigenvalue weighted by atomic mass is 10.1. The van der Waals surface area contributed by atoms with Gasteiger partial charge in [0.15, 0.2) is 6.10 Å². The molecule has 4 heteroatoms. The van der Waals surface area contributed by atoms with E-state index >= 15 is 0 Å². The zero-order valence-corrected chi connectivity index (χ0v) is 19.4. The predicted molar refractivity (Wildman–Crippen MR) is 134 cm³/mol. The summed E-state index contributed by atoms with van der Waals surface area (Å²) in [6.07, 6.45) is 3.68. The van der Waals surface area contributed by atoms with Gasteiger partial charge in [0, 0.05) is 0 Å². The summed E-state index contributed by atoms with van der Waals surface area (Å²) in [5, 5.41) is 0. The highest BCUT2D eigenvalue weighted by Gasteiger charge is 2.43. The Labute approximate surface area is 202 Å². The molecule has 0 saturated carbocycles. The minimum absolute atomic E-state index is 0.274. The topological polar surface area (TPSA) is 36.9 Å². The van der Waals surface area contributed by atoms with Gasteiger partial charge in [0.1, 0.15) is 18.0 Å². The molecule has 3 aromatic rings. The fourth-order valence-electron chi connectivity index (χ4n) is 3.92. The molecule has 1 aliphatic heterocycles. The highest BCUT2D eigenvalue weighted by molar-refractivity contribution is 5.18. The van der Waals surface area contributed by atoms with Crippen molar-refractivity contribution in [3.8, 4) is 0 Å². The van der Waals surface area contributed by atoms with Crippen molar-refractivity contribution in [2.75, 3.05) is 6.61 Å². The van der Waals surface area contributed by atoms with Gasteiger partial charge in [0.2, 0.25) is 0 Å². The average Bonchev–Trinajstić information content (AvgIpc) is 3.22. The average molecular weight is 457 g/mol. The van der Waals surface area contributed by atoms with Gasteiger partial charge < -0.3 is 18.9 Å². The van der Waals surface area contributed by atoms with Gasteiger partial charge in [0.25, 0.3) is 0 Å². The standard InChI is InChI=1S/C30H32O4/c1-2-3-19-27-29(32-21-25-15-9-5-10-16-25)30(33-22-26-17-11-6-12-18-26)28(34-27)23-31-20-24-13-7-4-8-14-24/h2,4-19,28-30H,1,3,20-23H2/b27-19+/t28-,29?,30?/m1/s1. The minimum Gasteiger partial charge on any atom is -0.487 e. The van der Waals surface area contributed by atoms with Crippen LogP contribution in [0.4, 0.5) is 0 Å². The van der Waals surface area contributed by atoms with Crippen LogP contribution < -0.4 is 0 Å². The minimum atomic E-state index is -0.325. The van der Waals surface area contributed by atoms with Crippen LogP contribution in [-0.2, 0) is 38.8 Å². The lowest BCUT2D eigenvalue weighted by Crippen LogP contribution is -2.37. The van der Waals surface area contributed by atoms with Crippen LogP contribution in [0.1, 0.15) is 23.1 Å². The second-order valence-corrected chi connectivity index (χ2v) is 8.27. The molecule has 1 aliphatic rings. The number of ether oxygens (including phenoxy) is 4. The van der Waals surface area contributed by atoms with E-state index in [-0.39, 0.29) is 18.3 Å². The van der Waals surface area contributed by atoms with Crippen molar-refractivity contribution in [2.45, 2.75) is 44.6 Å². The van der Waals surface area contributed by atoms with Crippen LogP contribution in [-0.4, -0.2) is 24.9 Å². The number of benzene rings is 3. The van der Waals surface area contributed by atoms with E-state index in [4.69, 9.17) is 18.9 Å². The Kier molecular flexibility index (Phi) is 9.09. The van der Waals surface area contributed by atoms with Crippen molar-refractivity contribution in [1.82, 2.24) is 0 Å². The number of rotatable bonds is 12. The molecule has 0 N–H and O–H groups in total. The van der Waals surface area contributed by atoms with Gasteiger partial charge >= 0.3 is 0 Å². The zero-order chi connectivity index (χ0) is 23.4. The second-order valence-electron chi connectivity index (χ2n) is 8.27. The van der Waals surface area contributed by atoms with Gasteiger partial charge in [-0.1, -0.05) is 97.1 Å². The van der Waals surface area contributed by atoms with Crippen LogP contribution in [0.2, 0.25) is 0 Å². The first-order chi connectivity index (χ1) is 16.8. The van der Waals surface area contributed by atoms with E-state index in [9.17, 15) is 0 Å². The molecule has 0 spiro atoms. The van der Waals surface area contributed by atoms with E-state index in [2.05, 4.69) is 43.0 Å². The highest BCUT2D eigenvalue weighted by Crippen LogP contribution is 2.32. The van der Waals surface area contributed by atoms with E-state index < -0.39 is 0 Å². The third-order valence-corrected chi connectivity index (χ3v) is 5.67. The van der Waals surface area contributed by atoms with Crippen molar-refractivity contribution in [2.24, 2.45) is 0 Å². The van der Waals surface area contributed by atoms with Crippen molar-refractivity contribution < 1.29 is 18.9 Å². The third kappa shape index (κ3) is 6.91. The molecule has 2 unspecified atom stereocenters. The Morgan fingerprint density at radius 2 is 1.24 bits per heavy atom. The Hall–Kier alpha value is -3.18. The molecule has 0 amide bonds. The van der Waals surface area contributed by atoms with Crippen molar-refractivity contribution in [3.63, 3.8) is 0 Å².